The third kappa shape index (κ3) is 3.81. The van der Waals surface area contributed by atoms with E-state index in [4.69, 9.17) is 4.84 Å². The van der Waals surface area contributed by atoms with Gasteiger partial charge in [0.15, 0.2) is 6.61 Å². The van der Waals surface area contributed by atoms with E-state index in [0.29, 0.717) is 11.0 Å². The van der Waals surface area contributed by atoms with Gasteiger partial charge in [0.05, 0.1) is 4.90 Å². The summed E-state index contributed by atoms with van der Waals surface area (Å²) < 4.78 is 25.8. The smallest absolute Gasteiger partial charge is 0.265 e. The fraction of sp³-hybridized carbons (Fsp3) is 0.316. The molecule has 1 aliphatic carbocycles. The van der Waals surface area contributed by atoms with Crippen LogP contribution >= 0.6 is 0 Å². The Morgan fingerprint density at radius 1 is 1.17 bits per heavy atom. The number of hydrogen-bond donors (Lipinski definition) is 1. The molecule has 0 radical (unpaired) electrons. The molecule has 2 aromatic carbocycles. The van der Waals surface area contributed by atoms with Crippen molar-refractivity contribution in [1.82, 2.24) is 19.5 Å². The Morgan fingerprint density at radius 3 is 2.76 bits per heavy atom. The fourth-order valence-corrected chi connectivity index (χ4v) is 4.23. The van der Waals surface area contributed by atoms with Gasteiger partial charge in [-0.25, -0.2) is 12.7 Å². The minimum Gasteiger partial charge on any atom is -0.385 e. The highest BCUT2D eigenvalue weighted by Crippen LogP contribution is 2.25. The van der Waals surface area contributed by atoms with Crippen molar-refractivity contribution >= 4 is 32.7 Å². The maximum absolute atomic E-state index is 12.3. The van der Waals surface area contributed by atoms with Crippen molar-refractivity contribution in [3.63, 3.8) is 0 Å². The molecule has 1 aliphatic rings. The molecule has 0 saturated carbocycles. The van der Waals surface area contributed by atoms with Gasteiger partial charge < -0.3 is 10.2 Å². The van der Waals surface area contributed by atoms with Gasteiger partial charge in [-0.3, -0.25) is 4.79 Å². The average Bonchev–Trinajstić information content (AvgIpc) is 3.32. The molecule has 0 spiro atoms. The molecule has 0 atom stereocenters. The Morgan fingerprint density at radius 2 is 1.97 bits per heavy atom. The van der Waals surface area contributed by atoms with Crippen LogP contribution in [-0.2, 0) is 27.7 Å². The number of fused-ring (bicyclic) bond motifs is 2. The normalized spacial score (nSPS) is 13.6. The zero-order valence-corrected chi connectivity index (χ0v) is 16.9. The number of aryl methyl sites for hydroxylation is 2. The first-order valence-corrected chi connectivity index (χ1v) is 10.6. The van der Waals surface area contributed by atoms with E-state index < -0.39 is 10.0 Å². The second kappa shape index (κ2) is 7.45. The number of hydrogen-bond acceptors (Lipinski definition) is 6. The second-order valence-corrected chi connectivity index (χ2v) is 9.21. The summed E-state index contributed by atoms with van der Waals surface area (Å²) in [7, 11) is -0.704. The van der Waals surface area contributed by atoms with Crippen LogP contribution in [0.15, 0.2) is 41.3 Å². The number of nitrogens with one attached hydrogen (secondary N) is 1. The Labute approximate surface area is 168 Å². The highest BCUT2D eigenvalue weighted by molar-refractivity contribution is 7.89. The summed E-state index contributed by atoms with van der Waals surface area (Å²) in [6.45, 7) is -0.291. The summed E-state index contributed by atoms with van der Waals surface area (Å²) in [4.78, 5) is 18.8. The number of aromatic nitrogens is 3. The highest BCUT2D eigenvalue weighted by atomic mass is 32.2. The first-order chi connectivity index (χ1) is 13.8. The topological polar surface area (TPSA) is 106 Å². The van der Waals surface area contributed by atoms with Gasteiger partial charge in [0.2, 0.25) is 10.0 Å². The molecule has 3 aromatic rings. The van der Waals surface area contributed by atoms with E-state index in [0.717, 1.165) is 34.1 Å². The molecular weight excluding hydrogens is 394 g/mol. The molecule has 1 N–H and O–H groups in total. The maximum Gasteiger partial charge on any atom is 0.265 e. The molecule has 0 fully saturated rings. The number of nitrogens with zero attached hydrogens (tertiary/aromatic N) is 4. The van der Waals surface area contributed by atoms with Crippen LogP contribution in [0.1, 0.15) is 17.5 Å². The lowest BCUT2D eigenvalue weighted by Gasteiger charge is -2.11. The van der Waals surface area contributed by atoms with Gasteiger partial charge >= 0.3 is 0 Å². The average molecular weight is 415 g/mol. The molecule has 4 rings (SSSR count). The third-order valence-electron chi connectivity index (χ3n) is 4.87. The van der Waals surface area contributed by atoms with Gasteiger partial charge in [-0.2, -0.15) is 0 Å². The van der Waals surface area contributed by atoms with Crippen LogP contribution in [0.3, 0.4) is 0 Å². The van der Waals surface area contributed by atoms with Crippen LogP contribution in [0.25, 0.3) is 11.0 Å². The van der Waals surface area contributed by atoms with E-state index in [2.05, 4.69) is 15.6 Å². The van der Waals surface area contributed by atoms with Crippen molar-refractivity contribution in [2.75, 3.05) is 26.0 Å². The van der Waals surface area contributed by atoms with Gasteiger partial charge in [-0.1, -0.05) is 10.9 Å². The highest BCUT2D eigenvalue weighted by Gasteiger charge is 2.19. The minimum atomic E-state index is -3.61. The Hall–Kier alpha value is -2.98. The van der Waals surface area contributed by atoms with E-state index in [1.54, 1.807) is 6.07 Å². The Kier molecular flexibility index (Phi) is 4.97. The Bertz CT molecular complexity index is 1190. The van der Waals surface area contributed by atoms with E-state index in [1.807, 2.05) is 18.2 Å². The SMILES string of the molecule is CN(C)S(=O)(=O)c1ccc2nnn(OCC(=O)Nc3ccc4c(c3)CCC4)c2c1. The monoisotopic (exact) mass is 415 g/mol. The number of rotatable bonds is 6. The van der Waals surface area contributed by atoms with Crippen molar-refractivity contribution < 1.29 is 18.0 Å². The molecule has 1 aromatic heterocycles. The van der Waals surface area contributed by atoms with E-state index in [-0.39, 0.29) is 17.4 Å². The molecule has 1 heterocycles. The first-order valence-electron chi connectivity index (χ1n) is 9.17. The predicted molar refractivity (Wildman–Crippen MR) is 107 cm³/mol. The van der Waals surface area contributed by atoms with Crippen LogP contribution in [0, 0.1) is 0 Å². The quantitative estimate of drug-likeness (QED) is 0.649. The van der Waals surface area contributed by atoms with Crippen LogP contribution in [-0.4, -0.2) is 54.5 Å². The summed E-state index contributed by atoms with van der Waals surface area (Å²) in [6, 6.07) is 10.3. The van der Waals surface area contributed by atoms with Crippen molar-refractivity contribution in [1.29, 1.82) is 0 Å². The largest absolute Gasteiger partial charge is 0.385 e. The first kappa shape index (κ1) is 19.3. The molecule has 29 heavy (non-hydrogen) atoms. The van der Waals surface area contributed by atoms with Crippen LogP contribution < -0.4 is 10.2 Å². The summed E-state index contributed by atoms with van der Waals surface area (Å²) in [5, 5.41) is 10.6. The summed E-state index contributed by atoms with van der Waals surface area (Å²) in [5.41, 5.74) is 4.14. The molecule has 0 aliphatic heterocycles. The standard InChI is InChI=1S/C19H21N5O4S/c1-23(2)29(26,27)16-8-9-17-18(11-16)24(22-21-17)28-12-19(25)20-15-7-6-13-4-3-5-14(13)10-15/h6-11H,3-5,12H2,1-2H3,(H,20,25). The number of amides is 1. The summed E-state index contributed by atoms with van der Waals surface area (Å²) >= 11 is 0. The Balaban J connectivity index is 1.47. The van der Waals surface area contributed by atoms with Crippen LogP contribution in [0.4, 0.5) is 5.69 Å². The zero-order valence-electron chi connectivity index (χ0n) is 16.1. The number of benzene rings is 2. The predicted octanol–water partition coefficient (Wildman–Crippen LogP) is 1.24. The van der Waals surface area contributed by atoms with Gasteiger partial charge in [0.1, 0.15) is 11.0 Å². The van der Waals surface area contributed by atoms with Crippen molar-refractivity contribution in [2.45, 2.75) is 24.2 Å². The lowest BCUT2D eigenvalue weighted by molar-refractivity contribution is -0.121. The van der Waals surface area contributed by atoms with E-state index in [9.17, 15) is 13.2 Å². The maximum atomic E-state index is 12.3. The molecule has 0 bridgehead atoms. The van der Waals surface area contributed by atoms with Crippen molar-refractivity contribution in [3.8, 4) is 0 Å². The lowest BCUT2D eigenvalue weighted by atomic mass is 10.1. The minimum absolute atomic E-state index is 0.0877. The number of anilines is 1. The summed E-state index contributed by atoms with van der Waals surface area (Å²) in [6.07, 6.45) is 3.25. The molecule has 152 valence electrons. The van der Waals surface area contributed by atoms with Crippen molar-refractivity contribution in [3.05, 3.63) is 47.5 Å². The molecule has 0 saturated heterocycles. The van der Waals surface area contributed by atoms with Crippen LogP contribution in [0.5, 0.6) is 0 Å². The van der Waals surface area contributed by atoms with Gasteiger partial charge in [0.25, 0.3) is 5.91 Å². The summed E-state index contributed by atoms with van der Waals surface area (Å²) in [5.74, 6) is -0.344. The van der Waals surface area contributed by atoms with E-state index >= 15 is 0 Å². The van der Waals surface area contributed by atoms with Crippen molar-refractivity contribution in [2.24, 2.45) is 0 Å². The number of carbonyl (C=O) groups excluding carboxylic acids is 1. The molecule has 9 nitrogen and oxygen atoms in total. The lowest BCUT2D eigenvalue weighted by Crippen LogP contribution is -2.26. The zero-order chi connectivity index (χ0) is 20.6. The van der Waals surface area contributed by atoms with Gasteiger partial charge in [0, 0.05) is 19.8 Å². The van der Waals surface area contributed by atoms with Gasteiger partial charge in [-0.15, -0.1) is 5.10 Å². The second-order valence-electron chi connectivity index (χ2n) is 7.06. The molecule has 0 unspecified atom stereocenters. The van der Waals surface area contributed by atoms with Gasteiger partial charge in [-0.05, 0) is 65.9 Å². The fourth-order valence-electron chi connectivity index (χ4n) is 3.31. The number of sulfonamides is 1. The van der Waals surface area contributed by atoms with Crippen LogP contribution in [0.2, 0.25) is 0 Å². The molecular formula is C19H21N5O4S. The molecule has 1 amide bonds. The third-order valence-corrected chi connectivity index (χ3v) is 6.68. The number of carbonyl (C=O) groups is 1. The van der Waals surface area contributed by atoms with E-state index in [1.165, 1.54) is 37.4 Å². The molecule has 10 heteroatoms.